The minimum atomic E-state index is -0.150. The van der Waals surface area contributed by atoms with Gasteiger partial charge in [0.2, 0.25) is 5.91 Å². The lowest BCUT2D eigenvalue weighted by molar-refractivity contribution is -0.116. The van der Waals surface area contributed by atoms with Gasteiger partial charge in [0.25, 0.3) is 0 Å². The van der Waals surface area contributed by atoms with Gasteiger partial charge < -0.3 is 5.32 Å². The Kier molecular flexibility index (Phi) is 7.15. The third-order valence-electron chi connectivity index (χ3n) is 5.49. The summed E-state index contributed by atoms with van der Waals surface area (Å²) in [5.74, 6) is 0.455. The highest BCUT2D eigenvalue weighted by Gasteiger charge is 2.16. The van der Waals surface area contributed by atoms with Crippen LogP contribution in [0, 0.1) is 11.7 Å². The number of amides is 1. The molecular formula is C23H25ClN4OS2. The third-order valence-corrected chi connectivity index (χ3v) is 7.38. The number of rotatable bonds is 6. The number of aryl methyl sites for hydroxylation is 1. The Morgan fingerprint density at radius 3 is 2.68 bits per heavy atom. The fourth-order valence-corrected chi connectivity index (χ4v) is 5.51. The van der Waals surface area contributed by atoms with Crippen molar-refractivity contribution in [3.8, 4) is 11.4 Å². The number of hydrogen-bond donors (Lipinski definition) is 2. The smallest absolute Gasteiger partial charge is 0.244 e. The van der Waals surface area contributed by atoms with E-state index in [2.05, 4.69) is 27.6 Å². The molecule has 3 aromatic rings. The molecule has 8 heteroatoms. The maximum atomic E-state index is 12.8. The molecule has 1 aliphatic rings. The van der Waals surface area contributed by atoms with Gasteiger partial charge in [0.05, 0.1) is 0 Å². The van der Waals surface area contributed by atoms with Gasteiger partial charge >= 0.3 is 0 Å². The maximum absolute atomic E-state index is 12.8. The Morgan fingerprint density at radius 1 is 1.23 bits per heavy atom. The first-order chi connectivity index (χ1) is 15.0. The molecule has 2 aromatic carbocycles. The van der Waals surface area contributed by atoms with Crippen LogP contribution in [-0.4, -0.2) is 25.9 Å². The largest absolute Gasteiger partial charge is 0.324 e. The minimum absolute atomic E-state index is 0.0747. The highest BCUT2D eigenvalue weighted by atomic mass is 35.5. The van der Waals surface area contributed by atoms with Crippen molar-refractivity contribution < 1.29 is 4.79 Å². The average molecular weight is 473 g/mol. The van der Waals surface area contributed by atoms with Crippen LogP contribution >= 0.6 is 35.6 Å². The van der Waals surface area contributed by atoms with Crippen LogP contribution in [0.1, 0.15) is 37.7 Å². The highest BCUT2D eigenvalue weighted by molar-refractivity contribution is 8.00. The minimum Gasteiger partial charge on any atom is -0.324 e. The number of aromatic amines is 1. The molecule has 1 aromatic heterocycles. The number of nitrogens with one attached hydrogen (secondary N) is 2. The lowest BCUT2D eigenvalue weighted by Gasteiger charge is -2.21. The van der Waals surface area contributed by atoms with E-state index in [0.29, 0.717) is 20.9 Å². The monoisotopic (exact) mass is 472 g/mol. The molecule has 4 rings (SSSR count). The van der Waals surface area contributed by atoms with Gasteiger partial charge in [-0.1, -0.05) is 30.9 Å². The van der Waals surface area contributed by atoms with Crippen LogP contribution in [0.15, 0.2) is 47.4 Å². The lowest BCUT2D eigenvalue weighted by atomic mass is 10.0. The molecule has 5 nitrogen and oxygen atoms in total. The molecule has 1 saturated carbocycles. The molecule has 2 N–H and O–H groups in total. The van der Waals surface area contributed by atoms with E-state index in [1.54, 1.807) is 16.7 Å². The van der Waals surface area contributed by atoms with Crippen molar-refractivity contribution in [1.82, 2.24) is 14.8 Å². The Bertz CT molecular complexity index is 1120. The summed E-state index contributed by atoms with van der Waals surface area (Å²) < 4.78 is 2.09. The Morgan fingerprint density at radius 2 is 1.97 bits per heavy atom. The number of carbonyl (C=O) groups excluding carboxylic acids is 1. The third kappa shape index (κ3) is 5.59. The van der Waals surface area contributed by atoms with Gasteiger partial charge in [0, 0.05) is 26.4 Å². The predicted molar refractivity (Wildman–Crippen MR) is 130 cm³/mol. The fraction of sp³-hybridized carbons (Fsp3) is 0.348. The van der Waals surface area contributed by atoms with Crippen LogP contribution in [-0.2, 0) is 11.3 Å². The first kappa shape index (κ1) is 22.1. The topological polar surface area (TPSA) is 62.7 Å². The number of thioether (sulfide) groups is 1. The summed E-state index contributed by atoms with van der Waals surface area (Å²) in [7, 11) is 0. The van der Waals surface area contributed by atoms with Crippen LogP contribution in [0.2, 0.25) is 5.02 Å². The summed E-state index contributed by atoms with van der Waals surface area (Å²) in [5, 5.41) is 11.4. The van der Waals surface area contributed by atoms with E-state index in [9.17, 15) is 4.79 Å². The zero-order valence-electron chi connectivity index (χ0n) is 17.4. The molecule has 0 bridgehead atoms. The molecule has 1 aliphatic carbocycles. The summed E-state index contributed by atoms with van der Waals surface area (Å²) in [6, 6.07) is 13.5. The molecule has 1 heterocycles. The Balaban J connectivity index is 1.44. The second-order valence-electron chi connectivity index (χ2n) is 7.85. The SMILES string of the molecule is Cc1cc(SC2CCCCC2)ccc1NC(=O)Cn1c(-c2ccc(Cl)cc2)n[nH]c1=S. The summed E-state index contributed by atoms with van der Waals surface area (Å²) in [6.45, 7) is 2.11. The summed E-state index contributed by atoms with van der Waals surface area (Å²) >= 11 is 13.3. The molecule has 0 spiro atoms. The second-order valence-corrected chi connectivity index (χ2v) is 10.0. The van der Waals surface area contributed by atoms with Gasteiger partial charge in [-0.3, -0.25) is 14.5 Å². The molecule has 0 radical (unpaired) electrons. The fourth-order valence-electron chi connectivity index (χ4n) is 3.84. The highest BCUT2D eigenvalue weighted by Crippen LogP contribution is 2.35. The van der Waals surface area contributed by atoms with E-state index in [1.807, 2.05) is 36.9 Å². The van der Waals surface area contributed by atoms with Crippen molar-refractivity contribution >= 4 is 47.2 Å². The molecule has 162 valence electrons. The standard InChI is InChI=1S/C23H25ClN4OS2/c1-15-13-19(31-18-5-3-2-4-6-18)11-12-20(15)25-21(29)14-28-22(26-27-23(28)30)16-7-9-17(24)10-8-16/h7-13,18H,2-6,14H2,1H3,(H,25,29)(H,27,30). The van der Waals surface area contributed by atoms with E-state index in [4.69, 9.17) is 23.8 Å². The first-order valence-corrected chi connectivity index (χ1v) is 12.1. The van der Waals surface area contributed by atoms with Gasteiger partial charge in [-0.15, -0.1) is 11.8 Å². The van der Waals surface area contributed by atoms with Crippen LogP contribution in [0.5, 0.6) is 0 Å². The molecule has 0 unspecified atom stereocenters. The van der Waals surface area contributed by atoms with E-state index in [-0.39, 0.29) is 12.5 Å². The number of H-pyrrole nitrogens is 1. The Labute approximate surface area is 196 Å². The van der Waals surface area contributed by atoms with Crippen molar-refractivity contribution in [2.75, 3.05) is 5.32 Å². The number of nitrogens with zero attached hydrogens (tertiary/aromatic N) is 2. The van der Waals surface area contributed by atoms with Crippen molar-refractivity contribution in [2.24, 2.45) is 0 Å². The van der Waals surface area contributed by atoms with E-state index >= 15 is 0 Å². The van der Waals surface area contributed by atoms with E-state index in [1.165, 1.54) is 37.0 Å². The van der Waals surface area contributed by atoms with Gasteiger partial charge in [-0.05, 0) is 80.0 Å². The molecule has 0 aliphatic heterocycles. The van der Waals surface area contributed by atoms with Crippen molar-refractivity contribution in [3.05, 3.63) is 57.8 Å². The van der Waals surface area contributed by atoms with Crippen molar-refractivity contribution in [1.29, 1.82) is 0 Å². The van der Waals surface area contributed by atoms with Crippen molar-refractivity contribution in [2.45, 2.75) is 55.7 Å². The van der Waals surface area contributed by atoms with Crippen LogP contribution in [0.3, 0.4) is 0 Å². The summed E-state index contributed by atoms with van der Waals surface area (Å²) in [5.41, 5.74) is 2.72. The predicted octanol–water partition coefficient (Wildman–Crippen LogP) is 6.63. The molecule has 1 amide bonds. The van der Waals surface area contributed by atoms with E-state index < -0.39 is 0 Å². The van der Waals surface area contributed by atoms with Crippen LogP contribution < -0.4 is 5.32 Å². The lowest BCUT2D eigenvalue weighted by Crippen LogP contribution is -2.20. The number of benzene rings is 2. The molecular weight excluding hydrogens is 448 g/mol. The zero-order valence-corrected chi connectivity index (χ0v) is 19.7. The van der Waals surface area contributed by atoms with Crippen LogP contribution in [0.25, 0.3) is 11.4 Å². The zero-order chi connectivity index (χ0) is 21.8. The summed E-state index contributed by atoms with van der Waals surface area (Å²) in [4.78, 5) is 14.0. The molecule has 0 saturated heterocycles. The number of aromatic nitrogens is 3. The molecule has 31 heavy (non-hydrogen) atoms. The number of hydrogen-bond acceptors (Lipinski definition) is 4. The average Bonchev–Trinajstić information content (AvgIpc) is 3.11. The number of halogens is 1. The van der Waals surface area contributed by atoms with Crippen molar-refractivity contribution in [3.63, 3.8) is 0 Å². The quantitative estimate of drug-likeness (QED) is 0.395. The maximum Gasteiger partial charge on any atom is 0.244 e. The van der Waals surface area contributed by atoms with Gasteiger partial charge in [0.1, 0.15) is 6.54 Å². The summed E-state index contributed by atoms with van der Waals surface area (Å²) in [6.07, 6.45) is 6.62. The Hall–Kier alpha value is -2.09. The second kappa shape index (κ2) is 10.0. The first-order valence-electron chi connectivity index (χ1n) is 10.5. The molecule has 0 atom stereocenters. The van der Waals surface area contributed by atoms with Gasteiger partial charge in [-0.25, -0.2) is 0 Å². The number of carbonyl (C=O) groups is 1. The number of anilines is 1. The van der Waals surface area contributed by atoms with Gasteiger partial charge in [0.15, 0.2) is 10.6 Å². The normalized spacial score (nSPS) is 14.5. The molecule has 1 fully saturated rings. The van der Waals surface area contributed by atoms with Gasteiger partial charge in [-0.2, -0.15) is 5.10 Å². The van der Waals surface area contributed by atoms with E-state index in [0.717, 1.165) is 16.8 Å². The van der Waals surface area contributed by atoms with Crippen LogP contribution in [0.4, 0.5) is 5.69 Å².